The lowest BCUT2D eigenvalue weighted by Gasteiger charge is -2.13. The van der Waals surface area contributed by atoms with E-state index in [0.29, 0.717) is 23.5 Å². The van der Waals surface area contributed by atoms with E-state index in [1.165, 1.54) is 12.1 Å². The second kappa shape index (κ2) is 4.67. The van der Waals surface area contributed by atoms with Crippen LogP contribution in [0.25, 0.3) is 10.9 Å². The third kappa shape index (κ3) is 2.53. The van der Waals surface area contributed by atoms with E-state index in [1.54, 1.807) is 12.1 Å². The summed E-state index contributed by atoms with van der Waals surface area (Å²) in [6.07, 6.45) is 0.0521. The van der Waals surface area contributed by atoms with E-state index in [9.17, 15) is 4.39 Å². The normalized spacial score (nSPS) is 11.1. The number of nitrogens with two attached hydrogens (primary N) is 1. The molecule has 0 amide bonds. The van der Waals surface area contributed by atoms with Gasteiger partial charge in [0, 0.05) is 24.1 Å². The molecule has 2 N–H and O–H groups in total. The Morgan fingerprint density at radius 3 is 2.76 bits per heavy atom. The van der Waals surface area contributed by atoms with Gasteiger partial charge in [0.25, 0.3) is 0 Å². The number of pyridine rings is 1. The van der Waals surface area contributed by atoms with E-state index in [-0.39, 0.29) is 11.9 Å². The Morgan fingerprint density at radius 1 is 1.35 bits per heavy atom. The van der Waals surface area contributed by atoms with Crippen molar-refractivity contribution in [2.45, 2.75) is 26.5 Å². The zero-order valence-corrected chi connectivity index (χ0v) is 9.90. The predicted molar refractivity (Wildman–Crippen MR) is 65.4 cm³/mol. The van der Waals surface area contributed by atoms with Crippen LogP contribution in [0.15, 0.2) is 24.3 Å². The summed E-state index contributed by atoms with van der Waals surface area (Å²) in [6, 6.07) is 6.27. The molecule has 0 saturated carbocycles. The number of fused-ring (bicyclic) bond motifs is 1. The molecule has 0 fully saturated rings. The van der Waals surface area contributed by atoms with Crippen LogP contribution in [0.2, 0.25) is 0 Å². The maximum atomic E-state index is 13.2. The Labute approximate surface area is 99.4 Å². The monoisotopic (exact) mass is 234 g/mol. The maximum Gasteiger partial charge on any atom is 0.130 e. The molecule has 0 aliphatic carbocycles. The molecule has 0 spiro atoms. The molecule has 0 atom stereocenters. The zero-order chi connectivity index (χ0) is 12.4. The number of rotatable bonds is 3. The third-order valence-corrected chi connectivity index (χ3v) is 2.36. The molecule has 0 radical (unpaired) electrons. The predicted octanol–water partition coefficient (Wildman–Crippen LogP) is 2.62. The lowest BCUT2D eigenvalue weighted by Crippen LogP contribution is -2.08. The maximum absolute atomic E-state index is 13.2. The zero-order valence-electron chi connectivity index (χ0n) is 9.90. The molecule has 0 aliphatic heterocycles. The quantitative estimate of drug-likeness (QED) is 0.888. The molecule has 17 heavy (non-hydrogen) atoms. The van der Waals surface area contributed by atoms with Gasteiger partial charge >= 0.3 is 0 Å². The van der Waals surface area contributed by atoms with Crippen LogP contribution in [0, 0.1) is 5.82 Å². The van der Waals surface area contributed by atoms with E-state index in [1.807, 2.05) is 13.8 Å². The first kappa shape index (κ1) is 11.8. The third-order valence-electron chi connectivity index (χ3n) is 2.36. The summed E-state index contributed by atoms with van der Waals surface area (Å²) < 4.78 is 18.8. The summed E-state index contributed by atoms with van der Waals surface area (Å²) in [4.78, 5) is 4.28. The number of hydrogen-bond acceptors (Lipinski definition) is 3. The van der Waals surface area contributed by atoms with Crippen LogP contribution in [0.1, 0.15) is 19.5 Å². The van der Waals surface area contributed by atoms with Crippen LogP contribution in [0.5, 0.6) is 5.75 Å². The molecule has 1 aromatic heterocycles. The van der Waals surface area contributed by atoms with Gasteiger partial charge in [-0.1, -0.05) is 0 Å². The standard InChI is InChI=1S/C13H15FN2O/c1-8(2)17-13-6-10(7-15)16-12-5-9(14)3-4-11(12)13/h3-6,8H,7,15H2,1-2H3. The van der Waals surface area contributed by atoms with Crippen LogP contribution in [-0.2, 0) is 6.54 Å². The Morgan fingerprint density at radius 2 is 2.12 bits per heavy atom. The smallest absolute Gasteiger partial charge is 0.130 e. The Hall–Kier alpha value is -1.68. The minimum absolute atomic E-state index is 0.0521. The highest BCUT2D eigenvalue weighted by molar-refractivity contribution is 5.85. The van der Waals surface area contributed by atoms with Crippen LogP contribution in [0.4, 0.5) is 4.39 Å². The largest absolute Gasteiger partial charge is 0.490 e. The highest BCUT2D eigenvalue weighted by atomic mass is 19.1. The molecule has 4 heteroatoms. The number of hydrogen-bond donors (Lipinski definition) is 1. The van der Waals surface area contributed by atoms with E-state index < -0.39 is 0 Å². The second-order valence-corrected chi connectivity index (χ2v) is 4.14. The Balaban J connectivity index is 2.62. The van der Waals surface area contributed by atoms with Gasteiger partial charge < -0.3 is 10.5 Å². The molecule has 2 rings (SSSR count). The van der Waals surface area contributed by atoms with Gasteiger partial charge in [0.2, 0.25) is 0 Å². The molecule has 1 heterocycles. The van der Waals surface area contributed by atoms with Gasteiger partial charge in [0.15, 0.2) is 0 Å². The first-order chi connectivity index (χ1) is 8.10. The molecular weight excluding hydrogens is 219 g/mol. The van der Waals surface area contributed by atoms with Gasteiger partial charge in [-0.3, -0.25) is 4.98 Å². The van der Waals surface area contributed by atoms with Crippen molar-refractivity contribution >= 4 is 10.9 Å². The molecule has 2 aromatic rings. The SMILES string of the molecule is CC(C)Oc1cc(CN)nc2cc(F)ccc12. The number of nitrogens with zero attached hydrogens (tertiary/aromatic N) is 1. The van der Waals surface area contributed by atoms with Crippen molar-refractivity contribution in [3.8, 4) is 5.75 Å². The molecule has 0 saturated heterocycles. The second-order valence-electron chi connectivity index (χ2n) is 4.14. The van der Waals surface area contributed by atoms with Gasteiger partial charge in [-0.25, -0.2) is 4.39 Å². The minimum atomic E-state index is -0.310. The lowest BCUT2D eigenvalue weighted by atomic mass is 10.1. The summed E-state index contributed by atoms with van der Waals surface area (Å²) in [5, 5.41) is 0.803. The van der Waals surface area contributed by atoms with Gasteiger partial charge in [0.05, 0.1) is 17.3 Å². The van der Waals surface area contributed by atoms with Crippen LogP contribution < -0.4 is 10.5 Å². The van der Waals surface area contributed by atoms with Crippen molar-refractivity contribution in [2.75, 3.05) is 0 Å². The fraction of sp³-hybridized carbons (Fsp3) is 0.308. The minimum Gasteiger partial charge on any atom is -0.490 e. The highest BCUT2D eigenvalue weighted by Crippen LogP contribution is 2.26. The molecule has 0 bridgehead atoms. The van der Waals surface area contributed by atoms with E-state index in [2.05, 4.69) is 4.98 Å². The molecule has 0 unspecified atom stereocenters. The number of ether oxygens (including phenoxy) is 1. The summed E-state index contributed by atoms with van der Waals surface area (Å²) in [5.74, 6) is 0.389. The number of benzene rings is 1. The fourth-order valence-corrected chi connectivity index (χ4v) is 1.68. The first-order valence-electron chi connectivity index (χ1n) is 5.56. The van der Waals surface area contributed by atoms with Crippen molar-refractivity contribution in [2.24, 2.45) is 5.73 Å². The van der Waals surface area contributed by atoms with E-state index in [4.69, 9.17) is 10.5 Å². The summed E-state index contributed by atoms with van der Waals surface area (Å²) in [5.41, 5.74) is 6.83. The summed E-state index contributed by atoms with van der Waals surface area (Å²) >= 11 is 0. The van der Waals surface area contributed by atoms with Gasteiger partial charge in [-0.15, -0.1) is 0 Å². The molecule has 1 aromatic carbocycles. The molecule has 0 aliphatic rings. The first-order valence-corrected chi connectivity index (χ1v) is 5.56. The number of halogens is 1. The molecular formula is C13H15FN2O. The van der Waals surface area contributed by atoms with Crippen LogP contribution in [-0.4, -0.2) is 11.1 Å². The average Bonchev–Trinajstić information content (AvgIpc) is 2.27. The van der Waals surface area contributed by atoms with Crippen LogP contribution >= 0.6 is 0 Å². The van der Waals surface area contributed by atoms with Crippen molar-refractivity contribution in [3.05, 3.63) is 35.8 Å². The Bertz CT molecular complexity index is 540. The number of aromatic nitrogens is 1. The van der Waals surface area contributed by atoms with Crippen LogP contribution in [0.3, 0.4) is 0 Å². The topological polar surface area (TPSA) is 48.1 Å². The van der Waals surface area contributed by atoms with Crippen molar-refractivity contribution in [1.29, 1.82) is 0 Å². The van der Waals surface area contributed by atoms with Crippen molar-refractivity contribution in [1.82, 2.24) is 4.98 Å². The summed E-state index contributed by atoms with van der Waals surface area (Å²) in [7, 11) is 0. The van der Waals surface area contributed by atoms with Crippen molar-refractivity contribution in [3.63, 3.8) is 0 Å². The Kier molecular flexibility index (Phi) is 3.24. The average molecular weight is 234 g/mol. The summed E-state index contributed by atoms with van der Waals surface area (Å²) in [6.45, 7) is 4.19. The van der Waals surface area contributed by atoms with Gasteiger partial charge in [-0.05, 0) is 26.0 Å². The van der Waals surface area contributed by atoms with Gasteiger partial charge in [0.1, 0.15) is 11.6 Å². The molecule has 3 nitrogen and oxygen atoms in total. The molecule has 90 valence electrons. The highest BCUT2D eigenvalue weighted by Gasteiger charge is 2.08. The van der Waals surface area contributed by atoms with E-state index in [0.717, 1.165) is 5.39 Å². The van der Waals surface area contributed by atoms with Crippen molar-refractivity contribution < 1.29 is 9.13 Å². The fourth-order valence-electron chi connectivity index (χ4n) is 1.68. The van der Waals surface area contributed by atoms with E-state index >= 15 is 0 Å². The van der Waals surface area contributed by atoms with Gasteiger partial charge in [-0.2, -0.15) is 0 Å². The lowest BCUT2D eigenvalue weighted by molar-refractivity contribution is 0.245.